The number of aliphatic hydroxyl groups excluding tert-OH is 1. The third kappa shape index (κ3) is 8.40. The van der Waals surface area contributed by atoms with Gasteiger partial charge in [0.1, 0.15) is 0 Å². The Morgan fingerprint density at radius 2 is 2.00 bits per heavy atom. The van der Waals surface area contributed by atoms with E-state index in [0.717, 1.165) is 6.42 Å². The first kappa shape index (κ1) is 14.4. The van der Waals surface area contributed by atoms with Gasteiger partial charge in [-0.1, -0.05) is 30.7 Å². The van der Waals surface area contributed by atoms with Crippen molar-refractivity contribution in [1.82, 2.24) is 0 Å². The summed E-state index contributed by atoms with van der Waals surface area (Å²) in [5.41, 5.74) is 0.450. The van der Waals surface area contributed by atoms with Crippen molar-refractivity contribution < 1.29 is 10.2 Å². The normalized spacial score (nSPS) is 17.5. The molecule has 0 heterocycles. The number of rotatable bonds is 6. The van der Waals surface area contributed by atoms with Gasteiger partial charge in [0.15, 0.2) is 0 Å². The third-order valence-electron chi connectivity index (χ3n) is 2.30. The average Bonchev–Trinajstić information content (AvgIpc) is 2.13. The molecule has 0 saturated heterocycles. The molecule has 2 N–H and O–H groups in total. The predicted octanol–water partition coefficient (Wildman–Crippen LogP) is 2.81. The van der Waals surface area contributed by atoms with Crippen molar-refractivity contribution in [1.29, 1.82) is 0 Å². The van der Waals surface area contributed by atoms with E-state index in [1.54, 1.807) is 19.1 Å². The van der Waals surface area contributed by atoms with E-state index in [1.807, 2.05) is 20.8 Å². The van der Waals surface area contributed by atoms with Crippen LogP contribution < -0.4 is 0 Å². The van der Waals surface area contributed by atoms with Crippen molar-refractivity contribution in [3.8, 4) is 0 Å². The van der Waals surface area contributed by atoms with E-state index in [1.165, 1.54) is 5.57 Å². The molecule has 0 amide bonds. The van der Waals surface area contributed by atoms with Crippen LogP contribution in [0.15, 0.2) is 23.8 Å². The van der Waals surface area contributed by atoms with Gasteiger partial charge in [0.2, 0.25) is 0 Å². The van der Waals surface area contributed by atoms with Crippen LogP contribution in [0.3, 0.4) is 0 Å². The maximum Gasteiger partial charge on any atom is 0.0803 e. The van der Waals surface area contributed by atoms with E-state index < -0.39 is 11.7 Å². The highest BCUT2D eigenvalue weighted by molar-refractivity contribution is 5.03. The van der Waals surface area contributed by atoms with Crippen LogP contribution in [0, 0.1) is 0 Å². The lowest BCUT2D eigenvalue weighted by molar-refractivity contribution is 0.101. The smallest absolute Gasteiger partial charge is 0.0803 e. The molecule has 0 aliphatic rings. The Balaban J connectivity index is 4.07. The summed E-state index contributed by atoms with van der Waals surface area (Å²) in [5, 5.41) is 19.3. The Morgan fingerprint density at radius 3 is 2.47 bits per heavy atom. The molecule has 15 heavy (non-hydrogen) atoms. The maximum absolute atomic E-state index is 9.94. The molecule has 0 aliphatic carbocycles. The second-order valence-electron chi connectivity index (χ2n) is 4.51. The van der Waals surface area contributed by atoms with Crippen molar-refractivity contribution in [3.63, 3.8) is 0 Å². The Kier molecular flexibility index (Phi) is 6.53. The van der Waals surface area contributed by atoms with Crippen LogP contribution in [0.25, 0.3) is 0 Å². The predicted molar refractivity (Wildman–Crippen MR) is 64.7 cm³/mol. The van der Waals surface area contributed by atoms with Crippen molar-refractivity contribution >= 4 is 0 Å². The summed E-state index contributed by atoms with van der Waals surface area (Å²) >= 11 is 0. The van der Waals surface area contributed by atoms with E-state index in [9.17, 15) is 10.2 Å². The maximum atomic E-state index is 9.94. The fourth-order valence-corrected chi connectivity index (χ4v) is 1.19. The molecule has 0 spiro atoms. The first-order chi connectivity index (χ1) is 6.87. The summed E-state index contributed by atoms with van der Waals surface area (Å²) in [6.07, 6.45) is 7.26. The monoisotopic (exact) mass is 212 g/mol. The Bertz CT molecular complexity index is 223. The molecule has 0 aliphatic heterocycles. The number of aliphatic hydroxyl groups is 2. The zero-order valence-electron chi connectivity index (χ0n) is 10.3. The second kappa shape index (κ2) is 6.81. The standard InChI is InChI=1S/C13H24O2/c1-5-12(14)8-10-13(4,15)9-6-7-11(2)3/h7-8,10,12,14-15H,5-6,9H2,1-4H3/b10-8+/t12-,13+/m0/s1. The molecule has 88 valence electrons. The fraction of sp³-hybridized carbons (Fsp3) is 0.692. The number of hydrogen-bond acceptors (Lipinski definition) is 2. The average molecular weight is 212 g/mol. The van der Waals surface area contributed by atoms with E-state index in [2.05, 4.69) is 6.08 Å². The van der Waals surface area contributed by atoms with E-state index >= 15 is 0 Å². The minimum absolute atomic E-state index is 0.445. The molecule has 2 nitrogen and oxygen atoms in total. The molecule has 0 saturated carbocycles. The van der Waals surface area contributed by atoms with Gasteiger partial charge in [-0.05, 0) is 40.0 Å². The van der Waals surface area contributed by atoms with Gasteiger partial charge in [0.05, 0.1) is 11.7 Å². The number of hydrogen-bond donors (Lipinski definition) is 2. The summed E-state index contributed by atoms with van der Waals surface area (Å²) in [5.74, 6) is 0. The Morgan fingerprint density at radius 1 is 1.40 bits per heavy atom. The topological polar surface area (TPSA) is 40.5 Å². The van der Waals surface area contributed by atoms with Crippen molar-refractivity contribution in [3.05, 3.63) is 23.8 Å². The van der Waals surface area contributed by atoms with Crippen molar-refractivity contribution in [2.24, 2.45) is 0 Å². The summed E-state index contributed by atoms with van der Waals surface area (Å²) < 4.78 is 0. The van der Waals surface area contributed by atoms with Crippen molar-refractivity contribution in [2.75, 3.05) is 0 Å². The molecule has 0 bridgehead atoms. The molecule has 0 aromatic rings. The van der Waals surface area contributed by atoms with Gasteiger partial charge in [0.25, 0.3) is 0 Å². The lowest BCUT2D eigenvalue weighted by Gasteiger charge is -2.18. The molecule has 0 radical (unpaired) electrons. The summed E-state index contributed by atoms with van der Waals surface area (Å²) in [4.78, 5) is 0. The van der Waals surface area contributed by atoms with Gasteiger partial charge in [0, 0.05) is 0 Å². The van der Waals surface area contributed by atoms with Crippen LogP contribution in [-0.4, -0.2) is 21.9 Å². The SMILES string of the molecule is CC[C@H](O)/C=C/[C@](C)(O)CCC=C(C)C. The minimum atomic E-state index is -0.817. The molecule has 0 fully saturated rings. The molecular weight excluding hydrogens is 188 g/mol. The molecule has 0 rings (SSSR count). The Labute approximate surface area is 93.3 Å². The van der Waals surface area contributed by atoms with Gasteiger partial charge in [-0.3, -0.25) is 0 Å². The first-order valence-electron chi connectivity index (χ1n) is 5.60. The molecule has 2 heteroatoms. The fourth-order valence-electron chi connectivity index (χ4n) is 1.19. The largest absolute Gasteiger partial charge is 0.389 e. The van der Waals surface area contributed by atoms with Crippen LogP contribution >= 0.6 is 0 Å². The van der Waals surface area contributed by atoms with Crippen LogP contribution in [0.5, 0.6) is 0 Å². The second-order valence-corrected chi connectivity index (χ2v) is 4.51. The zero-order valence-corrected chi connectivity index (χ0v) is 10.3. The summed E-state index contributed by atoms with van der Waals surface area (Å²) in [7, 11) is 0. The lowest BCUT2D eigenvalue weighted by Crippen LogP contribution is -2.21. The van der Waals surface area contributed by atoms with Crippen molar-refractivity contribution in [2.45, 2.75) is 58.7 Å². The van der Waals surface area contributed by atoms with E-state index in [0.29, 0.717) is 12.8 Å². The zero-order chi connectivity index (χ0) is 11.9. The van der Waals surface area contributed by atoms with Crippen LogP contribution in [0.4, 0.5) is 0 Å². The molecule has 0 unspecified atom stereocenters. The number of allylic oxidation sites excluding steroid dienone is 2. The van der Waals surface area contributed by atoms with Crippen LogP contribution in [-0.2, 0) is 0 Å². The third-order valence-corrected chi connectivity index (χ3v) is 2.30. The van der Waals surface area contributed by atoms with Gasteiger partial charge >= 0.3 is 0 Å². The lowest BCUT2D eigenvalue weighted by atomic mass is 9.98. The van der Waals surface area contributed by atoms with Gasteiger partial charge < -0.3 is 10.2 Å². The van der Waals surface area contributed by atoms with E-state index in [-0.39, 0.29) is 0 Å². The van der Waals surface area contributed by atoms with Gasteiger partial charge in [-0.2, -0.15) is 0 Å². The molecule has 0 aromatic heterocycles. The van der Waals surface area contributed by atoms with Crippen LogP contribution in [0.2, 0.25) is 0 Å². The van der Waals surface area contributed by atoms with Gasteiger partial charge in [-0.25, -0.2) is 0 Å². The quantitative estimate of drug-likeness (QED) is 0.665. The minimum Gasteiger partial charge on any atom is -0.389 e. The summed E-state index contributed by atoms with van der Waals surface area (Å²) in [6.45, 7) is 7.77. The molecule has 0 aromatic carbocycles. The van der Waals surface area contributed by atoms with E-state index in [4.69, 9.17) is 0 Å². The first-order valence-corrected chi connectivity index (χ1v) is 5.60. The summed E-state index contributed by atoms with van der Waals surface area (Å²) in [6, 6.07) is 0. The molecular formula is C13H24O2. The molecule has 2 atom stereocenters. The highest BCUT2D eigenvalue weighted by Gasteiger charge is 2.15. The van der Waals surface area contributed by atoms with Crippen LogP contribution in [0.1, 0.15) is 47.0 Å². The highest BCUT2D eigenvalue weighted by atomic mass is 16.3. The Hall–Kier alpha value is -0.600. The highest BCUT2D eigenvalue weighted by Crippen LogP contribution is 2.15. The van der Waals surface area contributed by atoms with Gasteiger partial charge in [-0.15, -0.1) is 0 Å².